The molecule has 0 radical (unpaired) electrons. The van der Waals surface area contributed by atoms with Crippen LogP contribution in [0.2, 0.25) is 0 Å². The van der Waals surface area contributed by atoms with Crippen LogP contribution in [0.3, 0.4) is 0 Å². The normalized spacial score (nSPS) is 16.4. The Morgan fingerprint density at radius 2 is 2.36 bits per heavy atom. The summed E-state index contributed by atoms with van der Waals surface area (Å²) in [6, 6.07) is 4.05. The van der Waals surface area contributed by atoms with Gasteiger partial charge in [0.1, 0.15) is 5.65 Å². The summed E-state index contributed by atoms with van der Waals surface area (Å²) in [6.45, 7) is 0.609. The maximum Gasteiger partial charge on any atom is 0.137 e. The second kappa shape index (κ2) is 2.82. The summed E-state index contributed by atoms with van der Waals surface area (Å²) in [5, 5.41) is 1.19. The van der Waals surface area contributed by atoms with Crippen molar-refractivity contribution >= 4 is 11.0 Å². The molecule has 3 N–H and O–H groups in total. The van der Waals surface area contributed by atoms with Crippen molar-refractivity contribution in [1.29, 1.82) is 0 Å². The van der Waals surface area contributed by atoms with Crippen LogP contribution < -0.4 is 5.73 Å². The lowest BCUT2D eigenvalue weighted by Gasteiger charge is -1.97. The molecule has 14 heavy (non-hydrogen) atoms. The molecular weight excluding hydrogens is 174 g/mol. The monoisotopic (exact) mass is 187 g/mol. The summed E-state index contributed by atoms with van der Waals surface area (Å²) in [7, 11) is 0. The standard InChI is InChI=1S/C11H13N3/c12-6-9-8-2-1-5-13-11(8)14-10(9)7-3-4-7/h1-2,5,7H,3-4,6,12H2,(H,13,14). The van der Waals surface area contributed by atoms with Crippen molar-refractivity contribution in [3.05, 3.63) is 29.6 Å². The highest BCUT2D eigenvalue weighted by Gasteiger charge is 2.28. The summed E-state index contributed by atoms with van der Waals surface area (Å²) in [5.74, 6) is 0.711. The molecule has 3 nitrogen and oxygen atoms in total. The number of nitrogens with two attached hydrogens (primary N) is 1. The van der Waals surface area contributed by atoms with E-state index in [0.717, 1.165) is 5.65 Å². The molecule has 0 atom stereocenters. The highest BCUT2D eigenvalue weighted by atomic mass is 14.9. The number of fused-ring (bicyclic) bond motifs is 1. The summed E-state index contributed by atoms with van der Waals surface area (Å²) in [6.07, 6.45) is 4.40. The average Bonchev–Trinajstić information content (AvgIpc) is 2.99. The zero-order chi connectivity index (χ0) is 9.54. The second-order valence-corrected chi connectivity index (χ2v) is 3.90. The lowest BCUT2D eigenvalue weighted by Crippen LogP contribution is -1.98. The van der Waals surface area contributed by atoms with Gasteiger partial charge in [-0.25, -0.2) is 4.98 Å². The Labute approximate surface area is 82.3 Å². The molecule has 0 bridgehead atoms. The second-order valence-electron chi connectivity index (χ2n) is 3.90. The molecule has 0 unspecified atom stereocenters. The highest BCUT2D eigenvalue weighted by Crippen LogP contribution is 2.42. The number of nitrogens with one attached hydrogen (secondary N) is 1. The summed E-state index contributed by atoms with van der Waals surface area (Å²) < 4.78 is 0. The molecule has 0 aromatic carbocycles. The third-order valence-corrected chi connectivity index (χ3v) is 2.90. The summed E-state index contributed by atoms with van der Waals surface area (Å²) >= 11 is 0. The topological polar surface area (TPSA) is 54.7 Å². The first-order valence-electron chi connectivity index (χ1n) is 5.05. The zero-order valence-corrected chi connectivity index (χ0v) is 7.96. The van der Waals surface area contributed by atoms with Crippen molar-refractivity contribution < 1.29 is 0 Å². The number of hydrogen-bond donors (Lipinski definition) is 2. The molecule has 2 heterocycles. The van der Waals surface area contributed by atoms with Gasteiger partial charge in [-0.2, -0.15) is 0 Å². The lowest BCUT2D eigenvalue weighted by atomic mass is 10.1. The number of rotatable bonds is 2. The van der Waals surface area contributed by atoms with Crippen molar-refractivity contribution in [2.75, 3.05) is 0 Å². The van der Waals surface area contributed by atoms with Gasteiger partial charge in [0, 0.05) is 23.8 Å². The Morgan fingerprint density at radius 3 is 3.07 bits per heavy atom. The van der Waals surface area contributed by atoms with E-state index in [-0.39, 0.29) is 0 Å². The number of pyridine rings is 1. The number of nitrogens with zero attached hydrogens (tertiary/aromatic N) is 1. The van der Waals surface area contributed by atoms with Crippen LogP contribution in [0.25, 0.3) is 11.0 Å². The molecule has 1 fully saturated rings. The molecule has 3 rings (SSSR count). The Kier molecular flexibility index (Phi) is 1.61. The number of aromatic nitrogens is 2. The van der Waals surface area contributed by atoms with Crippen molar-refractivity contribution in [3.8, 4) is 0 Å². The van der Waals surface area contributed by atoms with E-state index < -0.39 is 0 Å². The Balaban J connectivity index is 2.28. The molecule has 0 saturated heterocycles. The lowest BCUT2D eigenvalue weighted by molar-refractivity contribution is 0.976. The van der Waals surface area contributed by atoms with Crippen LogP contribution in [0.5, 0.6) is 0 Å². The van der Waals surface area contributed by atoms with Crippen LogP contribution in [-0.4, -0.2) is 9.97 Å². The van der Waals surface area contributed by atoms with Crippen LogP contribution in [0.4, 0.5) is 0 Å². The Morgan fingerprint density at radius 1 is 1.50 bits per heavy atom. The van der Waals surface area contributed by atoms with Crippen molar-refractivity contribution in [1.82, 2.24) is 9.97 Å². The molecule has 0 spiro atoms. The van der Waals surface area contributed by atoms with E-state index in [4.69, 9.17) is 5.73 Å². The van der Waals surface area contributed by atoms with E-state index in [9.17, 15) is 0 Å². The Hall–Kier alpha value is -1.35. The third kappa shape index (κ3) is 1.06. The zero-order valence-electron chi connectivity index (χ0n) is 7.96. The van der Waals surface area contributed by atoms with Gasteiger partial charge in [0.2, 0.25) is 0 Å². The van der Waals surface area contributed by atoms with Crippen LogP contribution in [-0.2, 0) is 6.54 Å². The van der Waals surface area contributed by atoms with E-state index in [1.54, 1.807) is 0 Å². The van der Waals surface area contributed by atoms with Crippen LogP contribution in [0, 0.1) is 0 Å². The first-order chi connectivity index (χ1) is 6.90. The first kappa shape index (κ1) is 8.00. The van der Waals surface area contributed by atoms with Crippen LogP contribution >= 0.6 is 0 Å². The number of aromatic amines is 1. The van der Waals surface area contributed by atoms with Gasteiger partial charge < -0.3 is 10.7 Å². The quantitative estimate of drug-likeness (QED) is 0.754. The smallest absolute Gasteiger partial charge is 0.137 e. The van der Waals surface area contributed by atoms with Gasteiger partial charge in [0.05, 0.1) is 0 Å². The third-order valence-electron chi connectivity index (χ3n) is 2.90. The van der Waals surface area contributed by atoms with Crippen molar-refractivity contribution in [2.24, 2.45) is 5.73 Å². The van der Waals surface area contributed by atoms with Gasteiger partial charge in [-0.1, -0.05) is 0 Å². The number of hydrogen-bond acceptors (Lipinski definition) is 2. The van der Waals surface area contributed by atoms with E-state index in [1.807, 2.05) is 12.3 Å². The minimum absolute atomic E-state index is 0.609. The number of H-pyrrole nitrogens is 1. The predicted molar refractivity (Wildman–Crippen MR) is 56.0 cm³/mol. The maximum absolute atomic E-state index is 5.78. The molecule has 72 valence electrons. The van der Waals surface area contributed by atoms with Gasteiger partial charge in [-0.15, -0.1) is 0 Å². The summed E-state index contributed by atoms with van der Waals surface area (Å²) in [4.78, 5) is 7.70. The largest absolute Gasteiger partial charge is 0.343 e. The SMILES string of the molecule is NCc1c(C2CC2)[nH]c2ncccc12. The molecule has 1 aliphatic carbocycles. The maximum atomic E-state index is 5.78. The molecule has 0 amide bonds. The average molecular weight is 187 g/mol. The fourth-order valence-electron chi connectivity index (χ4n) is 2.04. The molecular formula is C11H13N3. The van der Waals surface area contributed by atoms with Crippen LogP contribution in [0.15, 0.2) is 18.3 Å². The first-order valence-corrected chi connectivity index (χ1v) is 5.05. The predicted octanol–water partition coefficient (Wildman–Crippen LogP) is 1.90. The van der Waals surface area contributed by atoms with Gasteiger partial charge in [-0.3, -0.25) is 0 Å². The molecule has 0 aliphatic heterocycles. The molecule has 2 aromatic heterocycles. The van der Waals surface area contributed by atoms with E-state index >= 15 is 0 Å². The van der Waals surface area contributed by atoms with E-state index in [0.29, 0.717) is 12.5 Å². The molecule has 2 aromatic rings. The molecule has 1 aliphatic rings. The molecule has 1 saturated carbocycles. The molecule has 3 heteroatoms. The van der Waals surface area contributed by atoms with Crippen molar-refractivity contribution in [2.45, 2.75) is 25.3 Å². The minimum atomic E-state index is 0.609. The van der Waals surface area contributed by atoms with Gasteiger partial charge >= 0.3 is 0 Å². The van der Waals surface area contributed by atoms with Crippen LogP contribution in [0.1, 0.15) is 30.0 Å². The minimum Gasteiger partial charge on any atom is -0.343 e. The van der Waals surface area contributed by atoms with Gasteiger partial charge in [0.15, 0.2) is 0 Å². The fourth-order valence-corrected chi connectivity index (χ4v) is 2.04. The van der Waals surface area contributed by atoms with Crippen molar-refractivity contribution in [3.63, 3.8) is 0 Å². The fraction of sp³-hybridized carbons (Fsp3) is 0.364. The van der Waals surface area contributed by atoms with Gasteiger partial charge in [0.25, 0.3) is 0 Å². The van der Waals surface area contributed by atoms with E-state index in [2.05, 4.69) is 16.0 Å². The summed E-state index contributed by atoms with van der Waals surface area (Å²) in [5.41, 5.74) is 9.34. The Bertz CT molecular complexity index is 468. The highest BCUT2D eigenvalue weighted by molar-refractivity contribution is 5.81. The van der Waals surface area contributed by atoms with E-state index in [1.165, 1.54) is 29.5 Å². The van der Waals surface area contributed by atoms with Gasteiger partial charge in [-0.05, 0) is 36.5 Å².